The summed E-state index contributed by atoms with van der Waals surface area (Å²) in [4.78, 5) is 1.73. The number of alkyl halides is 3. The smallest absolute Gasteiger partial charge is 0.494 e. The first-order chi connectivity index (χ1) is 13.2. The number of benzene rings is 1. The molecule has 1 aromatic carbocycles. The number of halogens is 3. The van der Waals surface area contributed by atoms with Gasteiger partial charge in [-0.25, -0.2) is 4.21 Å². The van der Waals surface area contributed by atoms with Crippen LogP contribution in [-0.2, 0) is 11.3 Å². The molecule has 0 saturated heterocycles. The number of azo groups is 1. The van der Waals surface area contributed by atoms with Gasteiger partial charge in [-0.1, -0.05) is 5.16 Å². The van der Waals surface area contributed by atoms with Gasteiger partial charge in [0.25, 0.3) is 11.3 Å². The Morgan fingerprint density at radius 2 is 1.93 bits per heavy atom. The lowest BCUT2D eigenvalue weighted by Crippen LogP contribution is -2.39. The molecule has 2 aromatic rings. The molecule has 0 bridgehead atoms. The Bertz CT molecular complexity index is 841. The molecule has 0 saturated carbocycles. The molecule has 154 valence electrons. The van der Waals surface area contributed by atoms with E-state index in [0.717, 1.165) is 6.07 Å². The summed E-state index contributed by atoms with van der Waals surface area (Å²) in [5.41, 5.74) is -0.693. The van der Waals surface area contributed by atoms with Gasteiger partial charge < -0.3 is 14.2 Å². The van der Waals surface area contributed by atoms with Gasteiger partial charge in [-0.2, -0.15) is 4.31 Å². The third-order valence-corrected chi connectivity index (χ3v) is 4.39. The quantitative estimate of drug-likeness (QED) is 0.385. The molecule has 13 heteroatoms. The van der Waals surface area contributed by atoms with Crippen molar-refractivity contribution in [3.05, 3.63) is 24.5 Å². The first kappa shape index (κ1) is 21.6. The van der Waals surface area contributed by atoms with E-state index in [2.05, 4.69) is 19.9 Å². The van der Waals surface area contributed by atoms with Crippen molar-refractivity contribution in [3.63, 3.8) is 0 Å². The summed E-state index contributed by atoms with van der Waals surface area (Å²) in [6.45, 7) is 4.57. The van der Waals surface area contributed by atoms with Crippen LogP contribution in [0.3, 0.4) is 0 Å². The van der Waals surface area contributed by atoms with Gasteiger partial charge in [0, 0.05) is 25.2 Å². The molecule has 0 aliphatic rings. The fourth-order valence-corrected chi connectivity index (χ4v) is 2.93. The second kappa shape index (κ2) is 9.01. The van der Waals surface area contributed by atoms with E-state index < -0.39 is 27.6 Å². The number of nitrogens with zero attached hydrogens (tertiary/aromatic N) is 5. The van der Waals surface area contributed by atoms with Gasteiger partial charge >= 0.3 is 6.30 Å². The molecule has 9 nitrogen and oxygen atoms in total. The number of hydrogen-bond donors (Lipinski definition) is 1. The Morgan fingerprint density at radius 1 is 1.25 bits per heavy atom. The van der Waals surface area contributed by atoms with Crippen LogP contribution in [0.4, 0.5) is 36.1 Å². The van der Waals surface area contributed by atoms with Crippen molar-refractivity contribution in [2.45, 2.75) is 20.1 Å². The molecule has 1 N–H and O–H groups in total. The fourth-order valence-electron chi connectivity index (χ4n) is 2.44. The minimum atomic E-state index is -5.15. The zero-order valence-electron chi connectivity index (χ0n) is 15.2. The van der Waals surface area contributed by atoms with Crippen LogP contribution in [0.2, 0.25) is 0 Å². The summed E-state index contributed by atoms with van der Waals surface area (Å²) in [7, 11) is 1.35. The lowest BCUT2D eigenvalue weighted by Gasteiger charge is -2.28. The van der Waals surface area contributed by atoms with Crippen molar-refractivity contribution >= 4 is 34.1 Å². The SMILES string of the molecule is CCN(CC)c1cc(N(S(=O)O)C(F)(F)F)c(N=Nc2ccon2)cc1OC. The zero-order valence-corrected chi connectivity index (χ0v) is 16.0. The van der Waals surface area contributed by atoms with Gasteiger partial charge in [0.2, 0.25) is 5.82 Å². The van der Waals surface area contributed by atoms with Gasteiger partial charge in [0.15, 0.2) is 0 Å². The molecule has 1 aromatic heterocycles. The highest BCUT2D eigenvalue weighted by Crippen LogP contribution is 2.44. The third-order valence-electron chi connectivity index (χ3n) is 3.67. The number of aromatic nitrogens is 1. The maximum atomic E-state index is 13.5. The monoisotopic (exact) mass is 421 g/mol. The average Bonchev–Trinajstić information content (AvgIpc) is 3.14. The minimum Gasteiger partial charge on any atom is -0.494 e. The van der Waals surface area contributed by atoms with E-state index in [1.165, 1.54) is 25.5 Å². The summed E-state index contributed by atoms with van der Waals surface area (Å²) >= 11 is -3.40. The third kappa shape index (κ3) is 4.78. The molecule has 0 fully saturated rings. The van der Waals surface area contributed by atoms with Crippen LogP contribution in [0.25, 0.3) is 0 Å². The predicted molar refractivity (Wildman–Crippen MR) is 96.5 cm³/mol. The molecular weight excluding hydrogens is 403 g/mol. The minimum absolute atomic E-state index is 0.0152. The Morgan fingerprint density at radius 3 is 2.39 bits per heavy atom. The average molecular weight is 421 g/mol. The molecule has 0 radical (unpaired) electrons. The van der Waals surface area contributed by atoms with Crippen LogP contribution in [0, 0.1) is 0 Å². The Labute approximate surface area is 161 Å². The van der Waals surface area contributed by atoms with Crippen molar-refractivity contribution in [1.29, 1.82) is 0 Å². The van der Waals surface area contributed by atoms with Crippen LogP contribution in [0.1, 0.15) is 13.8 Å². The molecule has 0 spiro atoms. The van der Waals surface area contributed by atoms with Crippen molar-refractivity contribution < 1.29 is 31.2 Å². The lowest BCUT2D eigenvalue weighted by molar-refractivity contribution is -0.115. The second-order valence-electron chi connectivity index (χ2n) is 5.24. The summed E-state index contributed by atoms with van der Waals surface area (Å²) in [6.07, 6.45) is -3.93. The standard InChI is InChI=1S/C15H18F3N5O4S/c1-4-22(5-2)12-9-11(23(28(24)25)15(16,17)18)10(8-13(12)26-3)19-20-14-6-7-27-21-14/h6-9H,4-5H2,1-3H3,(H,24,25). The summed E-state index contributed by atoms with van der Waals surface area (Å²) in [5.74, 6) is 0.244. The van der Waals surface area contributed by atoms with Crippen LogP contribution >= 0.6 is 0 Å². The van der Waals surface area contributed by atoms with E-state index in [1.54, 1.807) is 4.90 Å². The first-order valence-electron chi connectivity index (χ1n) is 7.99. The number of methoxy groups -OCH3 is 1. The van der Waals surface area contributed by atoms with E-state index in [-0.39, 0.29) is 17.3 Å². The van der Waals surface area contributed by atoms with Gasteiger partial charge in [-0.05, 0) is 19.9 Å². The first-order valence-corrected chi connectivity index (χ1v) is 9.06. The molecule has 1 atom stereocenters. The van der Waals surface area contributed by atoms with Crippen molar-refractivity contribution in [2.24, 2.45) is 10.2 Å². The highest BCUT2D eigenvalue weighted by molar-refractivity contribution is 7.80. The molecule has 2 rings (SSSR count). The van der Waals surface area contributed by atoms with E-state index in [0.29, 0.717) is 18.8 Å². The summed E-state index contributed by atoms with van der Waals surface area (Å²) in [6, 6.07) is 3.64. The fraction of sp³-hybridized carbons (Fsp3) is 0.400. The van der Waals surface area contributed by atoms with Gasteiger partial charge in [0.05, 0.1) is 18.5 Å². The molecule has 1 heterocycles. The molecule has 0 aliphatic carbocycles. The number of hydrogen-bond acceptors (Lipinski definition) is 7. The number of rotatable bonds is 8. The molecule has 0 amide bonds. The van der Waals surface area contributed by atoms with Crippen LogP contribution in [-0.4, -0.2) is 40.4 Å². The van der Waals surface area contributed by atoms with E-state index >= 15 is 0 Å². The van der Waals surface area contributed by atoms with Crippen LogP contribution in [0.15, 0.2) is 39.2 Å². The predicted octanol–water partition coefficient (Wildman–Crippen LogP) is 4.41. The highest BCUT2D eigenvalue weighted by Gasteiger charge is 2.43. The maximum Gasteiger partial charge on any atom is 0.498 e. The van der Waals surface area contributed by atoms with E-state index in [1.807, 2.05) is 13.8 Å². The van der Waals surface area contributed by atoms with Crippen molar-refractivity contribution in [3.8, 4) is 5.75 Å². The Balaban J connectivity index is 2.72. The summed E-state index contributed by atoms with van der Waals surface area (Å²) in [5, 5.41) is 10.9. The van der Waals surface area contributed by atoms with Crippen LogP contribution in [0.5, 0.6) is 5.75 Å². The molecular formula is C15H18F3N5O4S. The number of anilines is 2. The van der Waals surface area contributed by atoms with Gasteiger partial charge in [-0.3, -0.25) is 4.55 Å². The topological polar surface area (TPSA) is 104 Å². The second-order valence-corrected chi connectivity index (χ2v) is 6.06. The van der Waals surface area contributed by atoms with Gasteiger partial charge in [0.1, 0.15) is 17.7 Å². The van der Waals surface area contributed by atoms with E-state index in [4.69, 9.17) is 4.74 Å². The highest BCUT2D eigenvalue weighted by atomic mass is 32.2. The van der Waals surface area contributed by atoms with Crippen molar-refractivity contribution in [1.82, 2.24) is 5.16 Å². The maximum absolute atomic E-state index is 13.5. The van der Waals surface area contributed by atoms with E-state index in [9.17, 15) is 21.9 Å². The normalized spacial score (nSPS) is 13.0. The summed E-state index contributed by atoms with van der Waals surface area (Å²) < 4.78 is 70.4. The Hall–Kier alpha value is -2.67. The largest absolute Gasteiger partial charge is 0.498 e. The molecule has 0 aliphatic heterocycles. The van der Waals surface area contributed by atoms with Crippen LogP contribution < -0.4 is 13.9 Å². The zero-order chi connectivity index (χ0) is 20.9. The van der Waals surface area contributed by atoms with Gasteiger partial charge in [-0.15, -0.1) is 23.4 Å². The molecule has 1 unspecified atom stereocenters. The lowest BCUT2D eigenvalue weighted by atomic mass is 10.2. The Kier molecular flexibility index (Phi) is 6.96. The molecule has 28 heavy (non-hydrogen) atoms. The van der Waals surface area contributed by atoms with Crippen molar-refractivity contribution in [2.75, 3.05) is 29.4 Å². The number of ether oxygens (including phenoxy) is 1.